The second-order valence-electron chi connectivity index (χ2n) is 8.05. The highest BCUT2D eigenvalue weighted by Gasteiger charge is 2.31. The number of aromatic nitrogens is 1. The maximum atomic E-state index is 13.1. The first kappa shape index (κ1) is 24.0. The molecule has 2 N–H and O–H groups in total. The van der Waals surface area contributed by atoms with Crippen LogP contribution >= 0.6 is 0 Å². The third-order valence-corrected chi connectivity index (χ3v) is 5.49. The number of nitrogens with one attached hydrogen (secondary N) is 2. The van der Waals surface area contributed by atoms with Gasteiger partial charge in [-0.25, -0.2) is 0 Å². The van der Waals surface area contributed by atoms with Crippen LogP contribution in [0, 0.1) is 0 Å². The summed E-state index contributed by atoms with van der Waals surface area (Å²) in [6, 6.07) is 15.3. The van der Waals surface area contributed by atoms with Gasteiger partial charge in [0.25, 0.3) is 11.8 Å². The number of likely N-dealkylation sites (N-methyl/N-ethyl adjacent to an activating group) is 1. The summed E-state index contributed by atoms with van der Waals surface area (Å²) in [5, 5.41) is 9.29. The Hall–Kier alpha value is -4.18. The number of hydrogen-bond donors (Lipinski definition) is 2. The molecule has 1 aliphatic heterocycles. The minimum atomic E-state index is -0.936. The number of ether oxygens (including phenoxy) is 2. The van der Waals surface area contributed by atoms with E-state index < -0.39 is 11.9 Å². The molecule has 2 aromatic carbocycles. The summed E-state index contributed by atoms with van der Waals surface area (Å²) in [4.78, 5) is 39.2. The number of hydrogen-bond acceptors (Lipinski definition) is 7. The topological polar surface area (TPSA) is 123 Å². The number of rotatable bonds is 8. The predicted molar refractivity (Wildman–Crippen MR) is 127 cm³/mol. The summed E-state index contributed by atoms with van der Waals surface area (Å²) in [5.74, 6) is -0.124. The van der Waals surface area contributed by atoms with E-state index in [-0.39, 0.29) is 30.5 Å². The quantitative estimate of drug-likeness (QED) is 0.510. The first-order chi connectivity index (χ1) is 16.9. The fourth-order valence-corrected chi connectivity index (χ4v) is 3.63. The Kier molecular flexibility index (Phi) is 7.41. The highest BCUT2D eigenvalue weighted by Crippen LogP contribution is 2.33. The average molecular weight is 479 g/mol. The molecule has 10 heteroatoms. The molecule has 1 aromatic heterocycles. The summed E-state index contributed by atoms with van der Waals surface area (Å²) in [5.41, 5.74) is 2.10. The van der Waals surface area contributed by atoms with Crippen molar-refractivity contribution >= 4 is 29.1 Å². The Labute approximate surface area is 202 Å². The van der Waals surface area contributed by atoms with Crippen molar-refractivity contribution in [1.29, 1.82) is 0 Å². The summed E-state index contributed by atoms with van der Waals surface area (Å²) < 4.78 is 16.0. The lowest BCUT2D eigenvalue weighted by Gasteiger charge is -2.20. The van der Waals surface area contributed by atoms with E-state index in [1.807, 2.05) is 30.3 Å². The van der Waals surface area contributed by atoms with Gasteiger partial charge in [0, 0.05) is 32.3 Å². The van der Waals surface area contributed by atoms with Crippen LogP contribution in [-0.2, 0) is 20.7 Å². The molecule has 1 atom stereocenters. The molecule has 10 nitrogen and oxygen atoms in total. The standard InChI is InChI=1S/C25H26N4O6/c1-29-21-13-17(26-23(30)10-11-33-2)8-9-22(21)34-15-20(25(29)32)27-24(31)19-14-18(35-28-19)12-16-6-4-3-5-7-16/h3-9,13-14,20H,10-12,15H2,1-2H3,(H,26,30)(H,27,31). The maximum absolute atomic E-state index is 13.1. The Balaban J connectivity index is 1.41. The van der Waals surface area contributed by atoms with E-state index in [0.717, 1.165) is 5.56 Å². The SMILES string of the molecule is COCCC(=O)Nc1ccc2c(c1)N(C)C(=O)C(NC(=O)c1cc(Cc3ccccc3)on1)CO2. The van der Waals surface area contributed by atoms with E-state index in [9.17, 15) is 14.4 Å². The molecule has 0 radical (unpaired) electrons. The second kappa shape index (κ2) is 10.8. The van der Waals surface area contributed by atoms with Gasteiger partial charge in [0.2, 0.25) is 5.91 Å². The van der Waals surface area contributed by atoms with Crippen LogP contribution in [0.5, 0.6) is 5.75 Å². The molecule has 2 heterocycles. The Morgan fingerprint density at radius 3 is 2.74 bits per heavy atom. The molecule has 0 saturated carbocycles. The zero-order valence-electron chi connectivity index (χ0n) is 19.4. The van der Waals surface area contributed by atoms with E-state index in [2.05, 4.69) is 15.8 Å². The average Bonchev–Trinajstić information content (AvgIpc) is 3.30. The summed E-state index contributed by atoms with van der Waals surface area (Å²) in [7, 11) is 3.11. The third-order valence-electron chi connectivity index (χ3n) is 5.49. The number of amides is 3. The maximum Gasteiger partial charge on any atom is 0.274 e. The Bertz CT molecular complexity index is 1210. The number of carbonyl (C=O) groups is 3. The fraction of sp³-hybridized carbons (Fsp3) is 0.280. The van der Waals surface area contributed by atoms with Gasteiger partial charge in [0.05, 0.1) is 18.7 Å². The number of benzene rings is 2. The van der Waals surface area contributed by atoms with Crippen LogP contribution in [-0.4, -0.2) is 56.3 Å². The van der Waals surface area contributed by atoms with E-state index in [1.54, 1.807) is 31.3 Å². The summed E-state index contributed by atoms with van der Waals surface area (Å²) in [6.45, 7) is 0.245. The summed E-state index contributed by atoms with van der Waals surface area (Å²) in [6.07, 6.45) is 0.705. The molecule has 3 aromatic rings. The molecule has 1 unspecified atom stereocenters. The summed E-state index contributed by atoms with van der Waals surface area (Å²) >= 11 is 0. The Morgan fingerprint density at radius 2 is 1.97 bits per heavy atom. The number of fused-ring (bicyclic) bond motifs is 1. The van der Waals surface area contributed by atoms with Crippen molar-refractivity contribution in [3.63, 3.8) is 0 Å². The number of anilines is 2. The highest BCUT2D eigenvalue weighted by atomic mass is 16.5. The zero-order valence-corrected chi connectivity index (χ0v) is 19.4. The van der Waals surface area contributed by atoms with Crippen LogP contribution in [0.15, 0.2) is 59.1 Å². The van der Waals surface area contributed by atoms with Gasteiger partial charge in [-0.05, 0) is 23.8 Å². The van der Waals surface area contributed by atoms with Crippen molar-refractivity contribution in [3.8, 4) is 5.75 Å². The van der Waals surface area contributed by atoms with Crippen LogP contribution in [0.25, 0.3) is 0 Å². The highest BCUT2D eigenvalue weighted by molar-refractivity contribution is 6.03. The normalized spacial score (nSPS) is 15.1. The number of carbonyl (C=O) groups excluding carboxylic acids is 3. The van der Waals surface area contributed by atoms with Crippen LogP contribution in [0.4, 0.5) is 11.4 Å². The second-order valence-corrected chi connectivity index (χ2v) is 8.05. The number of nitrogens with zero attached hydrogens (tertiary/aromatic N) is 2. The van der Waals surface area contributed by atoms with Gasteiger partial charge in [0.1, 0.15) is 24.2 Å². The smallest absolute Gasteiger partial charge is 0.274 e. The minimum Gasteiger partial charge on any atom is -0.489 e. The van der Waals surface area contributed by atoms with Crippen molar-refractivity contribution in [3.05, 3.63) is 71.6 Å². The molecule has 0 saturated heterocycles. The van der Waals surface area contributed by atoms with Gasteiger partial charge < -0.3 is 29.5 Å². The third kappa shape index (κ3) is 5.85. The van der Waals surface area contributed by atoms with Gasteiger partial charge in [0.15, 0.2) is 5.69 Å². The van der Waals surface area contributed by atoms with Crippen LogP contribution in [0.1, 0.15) is 28.2 Å². The van der Waals surface area contributed by atoms with Gasteiger partial charge in [-0.15, -0.1) is 0 Å². The molecular weight excluding hydrogens is 452 g/mol. The van der Waals surface area contributed by atoms with Crippen molar-refractivity contribution in [1.82, 2.24) is 10.5 Å². The molecule has 182 valence electrons. The minimum absolute atomic E-state index is 0.0593. The molecule has 0 bridgehead atoms. The molecular formula is C25H26N4O6. The van der Waals surface area contributed by atoms with E-state index in [1.165, 1.54) is 12.0 Å². The van der Waals surface area contributed by atoms with E-state index in [0.29, 0.717) is 35.9 Å². The van der Waals surface area contributed by atoms with E-state index in [4.69, 9.17) is 14.0 Å². The number of methoxy groups -OCH3 is 1. The first-order valence-electron chi connectivity index (χ1n) is 11.1. The monoisotopic (exact) mass is 478 g/mol. The molecule has 0 aliphatic carbocycles. The zero-order chi connectivity index (χ0) is 24.8. The lowest BCUT2D eigenvalue weighted by molar-refractivity contribution is -0.120. The van der Waals surface area contributed by atoms with Crippen molar-refractivity contribution in [2.75, 3.05) is 37.6 Å². The molecule has 35 heavy (non-hydrogen) atoms. The molecule has 4 rings (SSSR count). The fourth-order valence-electron chi connectivity index (χ4n) is 3.63. The largest absolute Gasteiger partial charge is 0.489 e. The van der Waals surface area contributed by atoms with E-state index >= 15 is 0 Å². The van der Waals surface area contributed by atoms with Crippen molar-refractivity contribution in [2.24, 2.45) is 0 Å². The van der Waals surface area contributed by atoms with Crippen LogP contribution in [0.2, 0.25) is 0 Å². The first-order valence-corrected chi connectivity index (χ1v) is 11.1. The van der Waals surface area contributed by atoms with Crippen LogP contribution < -0.4 is 20.3 Å². The van der Waals surface area contributed by atoms with Crippen LogP contribution in [0.3, 0.4) is 0 Å². The lowest BCUT2D eigenvalue weighted by Crippen LogP contribution is -2.49. The molecule has 3 amide bonds. The van der Waals surface area contributed by atoms with Gasteiger partial charge in [-0.2, -0.15) is 0 Å². The van der Waals surface area contributed by atoms with Gasteiger partial charge in [-0.1, -0.05) is 35.5 Å². The molecule has 1 aliphatic rings. The Morgan fingerprint density at radius 1 is 1.17 bits per heavy atom. The predicted octanol–water partition coefficient (Wildman–Crippen LogP) is 2.39. The van der Waals surface area contributed by atoms with Gasteiger partial charge in [-0.3, -0.25) is 14.4 Å². The van der Waals surface area contributed by atoms with Crippen molar-refractivity contribution in [2.45, 2.75) is 18.9 Å². The lowest BCUT2D eigenvalue weighted by atomic mass is 10.1. The van der Waals surface area contributed by atoms with Gasteiger partial charge >= 0.3 is 0 Å². The molecule has 0 spiro atoms. The molecule has 0 fully saturated rings. The van der Waals surface area contributed by atoms with Crippen molar-refractivity contribution < 1.29 is 28.4 Å².